The van der Waals surface area contributed by atoms with Crippen LogP contribution in [0.15, 0.2) is 48.5 Å². The molecule has 2 aromatic carbocycles. The van der Waals surface area contributed by atoms with Crippen molar-refractivity contribution in [3.05, 3.63) is 54.1 Å². The average molecular weight is 445 g/mol. The van der Waals surface area contributed by atoms with Crippen LogP contribution in [0.3, 0.4) is 0 Å². The molecule has 1 aliphatic rings. The molecule has 166 valence electrons. The lowest BCUT2D eigenvalue weighted by molar-refractivity contribution is -0.153. The van der Waals surface area contributed by atoms with E-state index in [2.05, 4.69) is 10.6 Å². The van der Waals surface area contributed by atoms with Gasteiger partial charge in [-0.25, -0.2) is 4.79 Å². The molecule has 7 heteroatoms. The zero-order valence-corrected chi connectivity index (χ0v) is 18.7. The zero-order chi connectivity index (χ0) is 22.2. The van der Waals surface area contributed by atoms with E-state index in [9.17, 15) is 9.59 Å². The van der Waals surface area contributed by atoms with E-state index in [0.29, 0.717) is 23.0 Å². The minimum absolute atomic E-state index is 0.0108. The third kappa shape index (κ3) is 6.89. The number of amides is 2. The second-order valence-corrected chi connectivity index (χ2v) is 8.23. The second-order valence-electron chi connectivity index (χ2n) is 8.02. The number of alkyl halides is 1. The van der Waals surface area contributed by atoms with E-state index in [-0.39, 0.29) is 30.1 Å². The van der Waals surface area contributed by atoms with Crippen LogP contribution in [0.1, 0.15) is 51.0 Å². The topological polar surface area (TPSA) is 76.7 Å². The van der Waals surface area contributed by atoms with Gasteiger partial charge in [0.05, 0.1) is 12.0 Å². The van der Waals surface area contributed by atoms with Crippen molar-refractivity contribution >= 4 is 35.0 Å². The fourth-order valence-corrected chi connectivity index (χ4v) is 3.98. The molecule has 0 saturated heterocycles. The van der Waals surface area contributed by atoms with Gasteiger partial charge in [-0.1, -0.05) is 29.8 Å². The van der Waals surface area contributed by atoms with E-state index in [1.54, 1.807) is 24.3 Å². The number of anilines is 2. The average Bonchev–Trinajstić information content (AvgIpc) is 2.74. The molecule has 0 bridgehead atoms. The molecule has 2 N–H and O–H groups in total. The minimum atomic E-state index is -0.333. The molecule has 2 aromatic rings. The highest BCUT2D eigenvalue weighted by Gasteiger charge is 2.28. The fourth-order valence-electron chi connectivity index (χ4n) is 3.85. The molecular weight excluding hydrogens is 416 g/mol. The van der Waals surface area contributed by atoms with Crippen molar-refractivity contribution in [1.82, 2.24) is 0 Å². The summed E-state index contributed by atoms with van der Waals surface area (Å²) in [5, 5.41) is 5.61. The van der Waals surface area contributed by atoms with Crippen LogP contribution < -0.4 is 15.4 Å². The van der Waals surface area contributed by atoms with Gasteiger partial charge >= 0.3 is 12.0 Å². The van der Waals surface area contributed by atoms with Gasteiger partial charge in [0.25, 0.3) is 0 Å². The third-order valence-corrected chi connectivity index (χ3v) is 5.47. The number of carbonyl (C=O) groups excluding carboxylic acids is 2. The van der Waals surface area contributed by atoms with E-state index in [1.807, 2.05) is 38.1 Å². The number of rotatable bonds is 7. The Balaban J connectivity index is 1.50. The van der Waals surface area contributed by atoms with Crippen LogP contribution >= 0.6 is 11.6 Å². The maximum atomic E-state index is 12.3. The van der Waals surface area contributed by atoms with Gasteiger partial charge in [0.1, 0.15) is 5.75 Å². The number of urea groups is 1. The highest BCUT2D eigenvalue weighted by molar-refractivity contribution is 6.17. The molecule has 0 heterocycles. The van der Waals surface area contributed by atoms with Crippen LogP contribution in [-0.4, -0.2) is 24.2 Å². The highest BCUT2D eigenvalue weighted by Crippen LogP contribution is 2.36. The van der Waals surface area contributed by atoms with Crippen molar-refractivity contribution in [1.29, 1.82) is 0 Å². The van der Waals surface area contributed by atoms with Crippen LogP contribution in [0.25, 0.3) is 0 Å². The Hall–Kier alpha value is -2.73. The Morgan fingerprint density at radius 2 is 1.68 bits per heavy atom. The van der Waals surface area contributed by atoms with E-state index >= 15 is 0 Å². The van der Waals surface area contributed by atoms with Crippen LogP contribution in [0.4, 0.5) is 16.2 Å². The molecule has 3 rings (SSSR count). The van der Waals surface area contributed by atoms with Gasteiger partial charge < -0.3 is 20.1 Å². The number of esters is 1. The van der Waals surface area contributed by atoms with Gasteiger partial charge in [0, 0.05) is 17.4 Å². The summed E-state index contributed by atoms with van der Waals surface area (Å²) in [4.78, 5) is 24.4. The Morgan fingerprint density at radius 3 is 2.32 bits per heavy atom. The maximum Gasteiger partial charge on any atom is 0.323 e. The standard InChI is InChI=1S/C24H29ClN2O4/c1-16(2)31-23(28)19-8-6-17(7-9-19)18-10-12-20(13-11-18)26-24(29)27-21-4-3-5-22(14-21)30-15-25/h3-5,10-14,16-17,19H,6-9,15H2,1-2H3,(H2,26,27,29)/t17-,19-. The Labute approximate surface area is 188 Å². The fraction of sp³-hybridized carbons (Fsp3) is 0.417. The van der Waals surface area contributed by atoms with Gasteiger partial charge in [0.2, 0.25) is 0 Å². The molecule has 0 spiro atoms. The Morgan fingerprint density at radius 1 is 1.00 bits per heavy atom. The molecule has 2 amide bonds. The molecule has 1 aliphatic carbocycles. The van der Waals surface area contributed by atoms with Gasteiger partial charge in [0.15, 0.2) is 6.07 Å². The normalized spacial score (nSPS) is 18.3. The van der Waals surface area contributed by atoms with E-state index in [0.717, 1.165) is 25.7 Å². The van der Waals surface area contributed by atoms with E-state index < -0.39 is 0 Å². The van der Waals surface area contributed by atoms with Crippen molar-refractivity contribution in [2.45, 2.75) is 51.6 Å². The summed E-state index contributed by atoms with van der Waals surface area (Å²) < 4.78 is 10.6. The lowest BCUT2D eigenvalue weighted by Crippen LogP contribution is -2.25. The second kappa shape index (κ2) is 11.0. The van der Waals surface area contributed by atoms with Crippen molar-refractivity contribution < 1.29 is 19.1 Å². The molecule has 0 aromatic heterocycles. The Bertz CT molecular complexity index is 877. The molecule has 1 fully saturated rings. The lowest BCUT2D eigenvalue weighted by atomic mass is 9.78. The summed E-state index contributed by atoms with van der Waals surface area (Å²) in [6, 6.07) is 14.6. The number of benzene rings is 2. The predicted octanol–water partition coefficient (Wildman–Crippen LogP) is 6.13. The van der Waals surface area contributed by atoms with Gasteiger partial charge in [-0.2, -0.15) is 0 Å². The largest absolute Gasteiger partial charge is 0.478 e. The number of ether oxygens (including phenoxy) is 2. The zero-order valence-electron chi connectivity index (χ0n) is 17.9. The summed E-state index contributed by atoms with van der Waals surface area (Å²) in [6.45, 7) is 3.76. The molecular formula is C24H29ClN2O4. The Kier molecular flexibility index (Phi) is 8.18. The quantitative estimate of drug-likeness (QED) is 0.397. The number of nitrogens with one attached hydrogen (secondary N) is 2. The summed E-state index contributed by atoms with van der Waals surface area (Å²) in [5.74, 6) is 0.954. The van der Waals surface area contributed by atoms with Gasteiger partial charge in [-0.05, 0) is 75.3 Å². The first-order valence-corrected chi connectivity index (χ1v) is 11.2. The molecule has 0 atom stereocenters. The first-order valence-electron chi connectivity index (χ1n) is 10.6. The van der Waals surface area contributed by atoms with Crippen molar-refractivity contribution in [3.8, 4) is 5.75 Å². The van der Waals surface area contributed by atoms with Gasteiger partial charge in [-0.3, -0.25) is 4.79 Å². The summed E-state index contributed by atoms with van der Waals surface area (Å²) >= 11 is 5.57. The molecule has 0 aliphatic heterocycles. The molecule has 6 nitrogen and oxygen atoms in total. The molecule has 0 unspecified atom stereocenters. The monoisotopic (exact) mass is 444 g/mol. The number of hydrogen-bond donors (Lipinski definition) is 2. The minimum Gasteiger partial charge on any atom is -0.478 e. The SMILES string of the molecule is CC(C)OC(=O)[C@H]1CC[C@H](c2ccc(NC(=O)Nc3cccc(OCCl)c3)cc2)CC1. The smallest absolute Gasteiger partial charge is 0.323 e. The summed E-state index contributed by atoms with van der Waals surface area (Å²) in [6.07, 6.45) is 3.57. The lowest BCUT2D eigenvalue weighted by Gasteiger charge is -2.28. The van der Waals surface area contributed by atoms with Crippen LogP contribution in [-0.2, 0) is 9.53 Å². The van der Waals surface area contributed by atoms with Crippen LogP contribution in [0.2, 0.25) is 0 Å². The van der Waals surface area contributed by atoms with Crippen LogP contribution in [0, 0.1) is 5.92 Å². The molecule has 0 radical (unpaired) electrons. The number of hydrogen-bond acceptors (Lipinski definition) is 4. The predicted molar refractivity (Wildman–Crippen MR) is 123 cm³/mol. The molecule has 1 saturated carbocycles. The van der Waals surface area contributed by atoms with Crippen molar-refractivity contribution in [2.75, 3.05) is 16.7 Å². The summed E-state index contributed by atoms with van der Waals surface area (Å²) in [7, 11) is 0. The first kappa shape index (κ1) is 22.9. The van der Waals surface area contributed by atoms with E-state index in [4.69, 9.17) is 21.1 Å². The highest BCUT2D eigenvalue weighted by atomic mass is 35.5. The van der Waals surface area contributed by atoms with Gasteiger partial charge in [-0.15, -0.1) is 0 Å². The first-order chi connectivity index (χ1) is 14.9. The van der Waals surface area contributed by atoms with Crippen molar-refractivity contribution in [3.63, 3.8) is 0 Å². The maximum absolute atomic E-state index is 12.3. The number of halogens is 1. The third-order valence-electron chi connectivity index (χ3n) is 5.37. The van der Waals surface area contributed by atoms with E-state index in [1.165, 1.54) is 5.56 Å². The number of carbonyl (C=O) groups is 2. The van der Waals surface area contributed by atoms with Crippen LogP contribution in [0.5, 0.6) is 5.75 Å². The summed E-state index contributed by atoms with van der Waals surface area (Å²) in [5.41, 5.74) is 2.56. The van der Waals surface area contributed by atoms with Crippen molar-refractivity contribution in [2.24, 2.45) is 5.92 Å². The molecule has 31 heavy (non-hydrogen) atoms.